The highest BCUT2D eigenvalue weighted by atomic mass is 32.1. The lowest BCUT2D eigenvalue weighted by molar-refractivity contribution is 0.344. The zero-order valence-corrected chi connectivity index (χ0v) is 15.4. The van der Waals surface area contributed by atoms with Crippen molar-refractivity contribution < 1.29 is 4.74 Å². The predicted octanol–water partition coefficient (Wildman–Crippen LogP) is 5.97. The molecule has 0 radical (unpaired) electrons. The number of fused-ring (bicyclic) bond motifs is 1. The fourth-order valence-electron chi connectivity index (χ4n) is 3.03. The van der Waals surface area contributed by atoms with Gasteiger partial charge in [-0.2, -0.15) is 0 Å². The maximum Gasteiger partial charge on any atom is 0.183 e. The number of hydrogen-bond donors (Lipinski definition) is 1. The van der Waals surface area contributed by atoms with Crippen molar-refractivity contribution >= 4 is 27.2 Å². The van der Waals surface area contributed by atoms with Gasteiger partial charge in [0.1, 0.15) is 5.75 Å². The van der Waals surface area contributed by atoms with Crippen molar-refractivity contribution in [2.45, 2.75) is 13.5 Å². The summed E-state index contributed by atoms with van der Waals surface area (Å²) >= 11 is 1.63. The van der Waals surface area contributed by atoms with E-state index < -0.39 is 0 Å². The normalized spacial score (nSPS) is 10.8. The van der Waals surface area contributed by atoms with Crippen LogP contribution in [0, 0.1) is 0 Å². The molecule has 4 heteroatoms. The molecule has 0 aliphatic carbocycles. The number of rotatable bonds is 6. The number of hydrogen-bond acceptors (Lipinski definition) is 4. The first-order valence-electron chi connectivity index (χ1n) is 8.73. The van der Waals surface area contributed by atoms with E-state index in [1.807, 2.05) is 25.1 Å². The van der Waals surface area contributed by atoms with Crippen LogP contribution in [-0.2, 0) is 6.54 Å². The minimum atomic E-state index is 0.660. The monoisotopic (exact) mass is 360 g/mol. The summed E-state index contributed by atoms with van der Waals surface area (Å²) < 4.78 is 5.77. The Labute approximate surface area is 157 Å². The van der Waals surface area contributed by atoms with E-state index in [9.17, 15) is 0 Å². The van der Waals surface area contributed by atoms with Crippen LogP contribution in [0.2, 0.25) is 0 Å². The number of ether oxygens (including phenoxy) is 1. The van der Waals surface area contributed by atoms with E-state index in [4.69, 9.17) is 9.72 Å². The van der Waals surface area contributed by atoms with E-state index in [1.165, 1.54) is 10.9 Å². The Morgan fingerprint density at radius 2 is 1.69 bits per heavy atom. The van der Waals surface area contributed by atoms with Crippen molar-refractivity contribution in [3.63, 3.8) is 0 Å². The van der Waals surface area contributed by atoms with Crippen molar-refractivity contribution in [1.82, 2.24) is 4.98 Å². The van der Waals surface area contributed by atoms with Crippen LogP contribution in [0.5, 0.6) is 5.75 Å². The van der Waals surface area contributed by atoms with Gasteiger partial charge in [-0.15, -0.1) is 11.3 Å². The Morgan fingerprint density at radius 3 is 2.50 bits per heavy atom. The summed E-state index contributed by atoms with van der Waals surface area (Å²) in [5.74, 6) is 0.921. The van der Waals surface area contributed by atoms with Crippen LogP contribution >= 0.6 is 11.3 Å². The second kappa shape index (κ2) is 7.58. The largest absolute Gasteiger partial charge is 0.493 e. The van der Waals surface area contributed by atoms with Crippen molar-refractivity contribution in [3.8, 4) is 17.0 Å². The molecule has 0 unspecified atom stereocenters. The molecule has 1 aromatic heterocycles. The Hall–Kier alpha value is -2.85. The van der Waals surface area contributed by atoms with Crippen molar-refractivity contribution in [2.75, 3.05) is 11.9 Å². The van der Waals surface area contributed by atoms with Crippen LogP contribution in [0.15, 0.2) is 72.1 Å². The van der Waals surface area contributed by atoms with E-state index in [0.717, 1.165) is 34.1 Å². The van der Waals surface area contributed by atoms with Crippen molar-refractivity contribution in [3.05, 3.63) is 77.7 Å². The van der Waals surface area contributed by atoms with Crippen molar-refractivity contribution in [2.24, 2.45) is 0 Å². The quantitative estimate of drug-likeness (QED) is 0.460. The molecule has 130 valence electrons. The molecule has 0 saturated carbocycles. The lowest BCUT2D eigenvalue weighted by Crippen LogP contribution is -1.98. The van der Waals surface area contributed by atoms with Gasteiger partial charge < -0.3 is 10.1 Å². The lowest BCUT2D eigenvalue weighted by Gasteiger charge is -2.10. The van der Waals surface area contributed by atoms with Gasteiger partial charge in [-0.05, 0) is 30.0 Å². The first-order chi connectivity index (χ1) is 12.8. The SMILES string of the molecule is CCOc1ccc(-c2csc(NCc3ccccc3)n2)c2ccccc12. The molecule has 0 atom stereocenters. The second-order valence-electron chi connectivity index (χ2n) is 5.97. The molecule has 0 bridgehead atoms. The second-order valence-corrected chi connectivity index (χ2v) is 6.83. The molecule has 0 saturated heterocycles. The summed E-state index contributed by atoms with van der Waals surface area (Å²) in [5, 5.41) is 8.74. The first kappa shape index (κ1) is 16.6. The third-order valence-electron chi connectivity index (χ3n) is 4.25. The number of benzene rings is 3. The maximum atomic E-state index is 5.77. The average Bonchev–Trinajstić information content (AvgIpc) is 3.16. The molecule has 0 aliphatic heterocycles. The number of anilines is 1. The van der Waals surface area contributed by atoms with Crippen molar-refractivity contribution in [1.29, 1.82) is 0 Å². The highest BCUT2D eigenvalue weighted by Crippen LogP contribution is 2.35. The fourth-order valence-corrected chi connectivity index (χ4v) is 3.74. The molecular formula is C22H20N2OS. The van der Waals surface area contributed by atoms with Crippen LogP contribution in [0.25, 0.3) is 22.0 Å². The first-order valence-corrected chi connectivity index (χ1v) is 9.61. The van der Waals surface area contributed by atoms with Gasteiger partial charge in [-0.25, -0.2) is 4.98 Å². The van der Waals surface area contributed by atoms with Crippen LogP contribution < -0.4 is 10.1 Å². The van der Waals surface area contributed by atoms with Gasteiger partial charge in [0, 0.05) is 22.9 Å². The highest BCUT2D eigenvalue weighted by molar-refractivity contribution is 7.14. The molecule has 26 heavy (non-hydrogen) atoms. The third kappa shape index (κ3) is 3.41. The Bertz CT molecular complexity index is 1010. The van der Waals surface area contributed by atoms with Gasteiger partial charge in [-0.3, -0.25) is 0 Å². The van der Waals surface area contributed by atoms with Gasteiger partial charge in [0.25, 0.3) is 0 Å². The standard InChI is InChI=1S/C22H20N2OS/c1-2-25-21-13-12-18(17-10-6-7-11-19(17)21)20-15-26-22(24-20)23-14-16-8-4-3-5-9-16/h3-13,15H,2,14H2,1H3,(H,23,24). The molecule has 3 nitrogen and oxygen atoms in total. The van der Waals surface area contributed by atoms with E-state index in [0.29, 0.717) is 6.61 Å². The molecule has 0 spiro atoms. The number of thiazole rings is 1. The third-order valence-corrected chi connectivity index (χ3v) is 5.05. The highest BCUT2D eigenvalue weighted by Gasteiger charge is 2.11. The molecule has 0 amide bonds. The maximum absolute atomic E-state index is 5.77. The summed E-state index contributed by atoms with van der Waals surface area (Å²) in [6.07, 6.45) is 0. The molecule has 1 N–H and O–H groups in total. The molecular weight excluding hydrogens is 340 g/mol. The van der Waals surface area contributed by atoms with E-state index >= 15 is 0 Å². The zero-order chi connectivity index (χ0) is 17.8. The van der Waals surface area contributed by atoms with E-state index in [-0.39, 0.29) is 0 Å². The molecule has 4 aromatic rings. The summed E-state index contributed by atoms with van der Waals surface area (Å²) in [6, 6.07) is 22.8. The van der Waals surface area contributed by atoms with E-state index in [1.54, 1.807) is 11.3 Å². The predicted molar refractivity (Wildman–Crippen MR) is 110 cm³/mol. The number of nitrogens with zero attached hydrogens (tertiary/aromatic N) is 1. The Balaban J connectivity index is 1.62. The minimum absolute atomic E-state index is 0.660. The number of aromatic nitrogens is 1. The average molecular weight is 360 g/mol. The van der Waals surface area contributed by atoms with Gasteiger partial charge in [0.15, 0.2) is 5.13 Å². The Kier molecular flexibility index (Phi) is 4.84. The number of nitrogens with one attached hydrogen (secondary N) is 1. The topological polar surface area (TPSA) is 34.1 Å². The molecule has 0 fully saturated rings. The summed E-state index contributed by atoms with van der Waals surface area (Å²) in [4.78, 5) is 4.79. The van der Waals surface area contributed by atoms with Gasteiger partial charge in [0.05, 0.1) is 12.3 Å². The van der Waals surface area contributed by atoms with Crippen LogP contribution in [0.1, 0.15) is 12.5 Å². The van der Waals surface area contributed by atoms with Gasteiger partial charge in [-0.1, -0.05) is 54.6 Å². The smallest absolute Gasteiger partial charge is 0.183 e. The van der Waals surface area contributed by atoms with Crippen LogP contribution in [-0.4, -0.2) is 11.6 Å². The van der Waals surface area contributed by atoms with Gasteiger partial charge in [0.2, 0.25) is 0 Å². The summed E-state index contributed by atoms with van der Waals surface area (Å²) in [7, 11) is 0. The molecule has 3 aromatic carbocycles. The Morgan fingerprint density at radius 1 is 0.923 bits per heavy atom. The lowest BCUT2D eigenvalue weighted by atomic mass is 10.0. The summed E-state index contributed by atoms with van der Waals surface area (Å²) in [5.41, 5.74) is 3.37. The van der Waals surface area contributed by atoms with E-state index in [2.05, 4.69) is 59.2 Å². The molecule has 1 heterocycles. The van der Waals surface area contributed by atoms with Gasteiger partial charge >= 0.3 is 0 Å². The fraction of sp³-hybridized carbons (Fsp3) is 0.136. The zero-order valence-electron chi connectivity index (χ0n) is 14.6. The van der Waals surface area contributed by atoms with Crippen LogP contribution in [0.3, 0.4) is 0 Å². The molecule has 4 rings (SSSR count). The molecule has 0 aliphatic rings. The summed E-state index contributed by atoms with van der Waals surface area (Å²) in [6.45, 7) is 3.44. The minimum Gasteiger partial charge on any atom is -0.493 e. The van der Waals surface area contributed by atoms with Crippen LogP contribution in [0.4, 0.5) is 5.13 Å².